The van der Waals surface area contributed by atoms with Crippen LogP contribution >= 0.6 is 0 Å². The molecule has 8 aromatic rings. The molecule has 2 aromatic heterocycles. The second-order valence-corrected chi connectivity index (χ2v) is 12.4. The van der Waals surface area contributed by atoms with Crippen LogP contribution in [-0.4, -0.2) is 15.0 Å². The normalized spacial score (nSPS) is 13.2. The zero-order valence-corrected chi connectivity index (χ0v) is 25.5. The molecule has 0 amide bonds. The molecule has 0 unspecified atom stereocenters. The van der Waals surface area contributed by atoms with Gasteiger partial charge in [-0.05, 0) is 51.6 Å². The van der Waals surface area contributed by atoms with Crippen molar-refractivity contribution in [3.05, 3.63) is 151 Å². The van der Waals surface area contributed by atoms with Crippen LogP contribution in [0, 0.1) is 0 Å². The maximum absolute atomic E-state index is 6.25. The van der Waals surface area contributed by atoms with Gasteiger partial charge in [0.15, 0.2) is 17.5 Å². The lowest BCUT2D eigenvalue weighted by molar-refractivity contribution is 0.660. The number of hydrogen-bond acceptors (Lipinski definition) is 4. The molecule has 6 aromatic carbocycles. The van der Waals surface area contributed by atoms with Crippen molar-refractivity contribution in [3.63, 3.8) is 0 Å². The van der Waals surface area contributed by atoms with Crippen LogP contribution in [0.2, 0.25) is 0 Å². The summed E-state index contributed by atoms with van der Waals surface area (Å²) in [5, 5.41) is 2.27. The van der Waals surface area contributed by atoms with E-state index < -0.39 is 0 Å². The van der Waals surface area contributed by atoms with Gasteiger partial charge in [-0.2, -0.15) is 0 Å². The average Bonchev–Trinajstić information content (AvgIpc) is 3.61. The minimum absolute atomic E-state index is 0.189. The van der Waals surface area contributed by atoms with Crippen molar-refractivity contribution in [2.24, 2.45) is 0 Å². The van der Waals surface area contributed by atoms with Crippen molar-refractivity contribution in [3.8, 4) is 56.4 Å². The van der Waals surface area contributed by atoms with Crippen molar-refractivity contribution in [2.45, 2.75) is 19.3 Å². The summed E-state index contributed by atoms with van der Waals surface area (Å²) in [5.41, 5.74) is 11.8. The van der Waals surface area contributed by atoms with Gasteiger partial charge >= 0.3 is 0 Å². The lowest BCUT2D eigenvalue weighted by Crippen LogP contribution is -2.14. The summed E-state index contributed by atoms with van der Waals surface area (Å²) in [6, 6.07) is 48.3. The molecule has 4 heteroatoms. The molecule has 1 aliphatic rings. The lowest BCUT2D eigenvalue weighted by Gasteiger charge is -2.21. The van der Waals surface area contributed by atoms with E-state index in [1.165, 1.54) is 22.3 Å². The predicted octanol–water partition coefficient (Wildman–Crippen LogP) is 10.7. The minimum atomic E-state index is -0.189. The van der Waals surface area contributed by atoms with E-state index in [9.17, 15) is 0 Å². The molecule has 0 saturated heterocycles. The monoisotopic (exact) mass is 591 g/mol. The fourth-order valence-electron chi connectivity index (χ4n) is 7.10. The number of aromatic nitrogens is 3. The van der Waals surface area contributed by atoms with Crippen LogP contribution in [-0.2, 0) is 5.41 Å². The highest BCUT2D eigenvalue weighted by Crippen LogP contribution is 2.53. The van der Waals surface area contributed by atoms with Crippen molar-refractivity contribution in [2.75, 3.05) is 0 Å². The summed E-state index contributed by atoms with van der Waals surface area (Å²) in [6.07, 6.45) is 0. The molecule has 0 spiro atoms. The number of furan rings is 1. The summed E-state index contributed by atoms with van der Waals surface area (Å²) in [6.45, 7) is 4.62. The van der Waals surface area contributed by atoms with Gasteiger partial charge in [0, 0.05) is 32.9 Å². The molecule has 46 heavy (non-hydrogen) atoms. The Kier molecular flexibility index (Phi) is 5.81. The van der Waals surface area contributed by atoms with Crippen LogP contribution in [0.15, 0.2) is 144 Å². The molecule has 0 radical (unpaired) electrons. The number of benzene rings is 6. The smallest absolute Gasteiger partial charge is 0.164 e. The minimum Gasteiger partial charge on any atom is -0.456 e. The Morgan fingerprint density at radius 1 is 0.457 bits per heavy atom. The zero-order valence-electron chi connectivity index (χ0n) is 25.5. The molecule has 0 saturated carbocycles. The number of nitrogens with zero attached hydrogens (tertiary/aromatic N) is 3. The first kappa shape index (κ1) is 26.5. The Hall–Kier alpha value is -5.87. The van der Waals surface area contributed by atoms with Crippen LogP contribution in [0.3, 0.4) is 0 Å². The van der Waals surface area contributed by atoms with Crippen molar-refractivity contribution < 1.29 is 4.42 Å². The van der Waals surface area contributed by atoms with E-state index in [1.54, 1.807) is 0 Å². The molecule has 1 aliphatic carbocycles. The predicted molar refractivity (Wildman–Crippen MR) is 186 cm³/mol. The van der Waals surface area contributed by atoms with Gasteiger partial charge in [-0.1, -0.05) is 135 Å². The fourth-order valence-corrected chi connectivity index (χ4v) is 7.10. The van der Waals surface area contributed by atoms with Crippen molar-refractivity contribution in [1.29, 1.82) is 0 Å². The maximum Gasteiger partial charge on any atom is 0.164 e. The SMILES string of the molecule is CC1(C)c2ccc(-c3cccc4oc5ccccc5c34)cc2-c2c(-c3nc(-c4ccccc4)nc(-c4ccccc4)n3)cccc21. The quantitative estimate of drug-likeness (QED) is 0.204. The summed E-state index contributed by atoms with van der Waals surface area (Å²) in [5.74, 6) is 1.99. The standard InChI is InChI=1S/C42H29N3O/c1-42(2)33-24-23-28(29-18-12-22-36-38(29)30-17-9-10-21-35(30)46-36)25-32(33)37-31(19-11-20-34(37)42)41-44-39(26-13-5-3-6-14-26)43-40(45-41)27-15-7-4-8-16-27/h3-25H,1-2H3. The van der Waals surface area contributed by atoms with Crippen LogP contribution in [0.1, 0.15) is 25.0 Å². The van der Waals surface area contributed by atoms with E-state index in [2.05, 4.69) is 80.6 Å². The molecule has 0 aliphatic heterocycles. The Balaban J connectivity index is 1.28. The topological polar surface area (TPSA) is 51.8 Å². The summed E-state index contributed by atoms with van der Waals surface area (Å²) in [7, 11) is 0. The molecule has 0 atom stereocenters. The van der Waals surface area contributed by atoms with Gasteiger partial charge in [-0.3, -0.25) is 0 Å². The van der Waals surface area contributed by atoms with E-state index in [0.29, 0.717) is 17.5 Å². The highest BCUT2D eigenvalue weighted by atomic mass is 16.3. The Labute approximate surface area is 267 Å². The molecular weight excluding hydrogens is 562 g/mol. The lowest BCUT2D eigenvalue weighted by atomic mass is 9.82. The molecular formula is C42H29N3O. The van der Waals surface area contributed by atoms with Gasteiger partial charge in [0.05, 0.1) is 0 Å². The molecule has 9 rings (SSSR count). The third kappa shape index (κ3) is 4.04. The van der Waals surface area contributed by atoms with Crippen LogP contribution < -0.4 is 0 Å². The second kappa shape index (κ2) is 10.1. The molecule has 2 heterocycles. The van der Waals surface area contributed by atoms with E-state index in [0.717, 1.165) is 49.8 Å². The first-order valence-corrected chi connectivity index (χ1v) is 15.6. The van der Waals surface area contributed by atoms with Crippen LogP contribution in [0.5, 0.6) is 0 Å². The molecule has 4 nitrogen and oxygen atoms in total. The number of hydrogen-bond donors (Lipinski definition) is 0. The van der Waals surface area contributed by atoms with Crippen LogP contribution in [0.4, 0.5) is 0 Å². The molecule has 0 N–H and O–H groups in total. The number of para-hydroxylation sites is 1. The third-order valence-electron chi connectivity index (χ3n) is 9.35. The highest BCUT2D eigenvalue weighted by molar-refractivity contribution is 6.12. The fraction of sp³-hybridized carbons (Fsp3) is 0.0714. The molecule has 0 fully saturated rings. The van der Waals surface area contributed by atoms with E-state index in [4.69, 9.17) is 19.4 Å². The van der Waals surface area contributed by atoms with Gasteiger partial charge in [0.1, 0.15) is 11.2 Å². The zero-order chi connectivity index (χ0) is 30.8. The summed E-state index contributed by atoms with van der Waals surface area (Å²) in [4.78, 5) is 15.2. The number of fused-ring (bicyclic) bond motifs is 6. The first-order valence-electron chi connectivity index (χ1n) is 15.6. The van der Waals surface area contributed by atoms with E-state index in [-0.39, 0.29) is 5.41 Å². The first-order chi connectivity index (χ1) is 22.6. The number of rotatable bonds is 4. The van der Waals surface area contributed by atoms with Gasteiger partial charge in [-0.15, -0.1) is 0 Å². The Morgan fingerprint density at radius 2 is 1.07 bits per heavy atom. The van der Waals surface area contributed by atoms with E-state index in [1.807, 2.05) is 72.8 Å². The summed E-state index contributed by atoms with van der Waals surface area (Å²) < 4.78 is 6.25. The summed E-state index contributed by atoms with van der Waals surface area (Å²) >= 11 is 0. The Morgan fingerprint density at radius 3 is 1.80 bits per heavy atom. The molecule has 218 valence electrons. The van der Waals surface area contributed by atoms with Gasteiger partial charge < -0.3 is 4.42 Å². The van der Waals surface area contributed by atoms with Gasteiger partial charge in [0.25, 0.3) is 0 Å². The van der Waals surface area contributed by atoms with Crippen LogP contribution in [0.25, 0.3) is 78.4 Å². The van der Waals surface area contributed by atoms with Crippen molar-refractivity contribution in [1.82, 2.24) is 15.0 Å². The third-order valence-corrected chi connectivity index (χ3v) is 9.35. The Bertz CT molecular complexity index is 2380. The highest BCUT2D eigenvalue weighted by Gasteiger charge is 2.37. The average molecular weight is 592 g/mol. The largest absolute Gasteiger partial charge is 0.456 e. The molecule has 0 bridgehead atoms. The van der Waals surface area contributed by atoms with Gasteiger partial charge in [0.2, 0.25) is 0 Å². The van der Waals surface area contributed by atoms with Gasteiger partial charge in [-0.25, -0.2) is 15.0 Å². The maximum atomic E-state index is 6.25. The van der Waals surface area contributed by atoms with E-state index >= 15 is 0 Å². The van der Waals surface area contributed by atoms with Crippen molar-refractivity contribution >= 4 is 21.9 Å². The second-order valence-electron chi connectivity index (χ2n) is 12.4.